The zero-order valence-electron chi connectivity index (χ0n) is 14.9. The van der Waals surface area contributed by atoms with Crippen LogP contribution in [0.15, 0.2) is 48.5 Å². The number of nitrogens with zero attached hydrogens (tertiary/aromatic N) is 1. The highest BCUT2D eigenvalue weighted by Crippen LogP contribution is 2.29. The Morgan fingerprint density at radius 3 is 2.54 bits per heavy atom. The molecule has 2 aromatic rings. The Bertz CT molecular complexity index is 705. The van der Waals surface area contributed by atoms with Crippen LogP contribution in [0, 0.1) is 5.82 Å². The van der Waals surface area contributed by atoms with Crippen LogP contribution in [0.4, 0.5) is 4.39 Å². The number of halogens is 2. The molecule has 0 bridgehead atoms. The molecule has 2 aromatic carbocycles. The molecule has 5 heteroatoms. The van der Waals surface area contributed by atoms with Crippen molar-refractivity contribution in [3.63, 3.8) is 0 Å². The van der Waals surface area contributed by atoms with Crippen LogP contribution in [0.2, 0.25) is 5.02 Å². The van der Waals surface area contributed by atoms with E-state index in [2.05, 4.69) is 4.90 Å². The van der Waals surface area contributed by atoms with Crippen molar-refractivity contribution >= 4 is 11.6 Å². The van der Waals surface area contributed by atoms with Crippen molar-refractivity contribution in [2.24, 2.45) is 0 Å². The fraction of sp³-hybridized carbons (Fsp3) is 0.429. The Morgan fingerprint density at radius 2 is 1.88 bits per heavy atom. The molecule has 3 nitrogen and oxygen atoms in total. The summed E-state index contributed by atoms with van der Waals surface area (Å²) in [6, 6.07) is 14.8. The first-order chi connectivity index (χ1) is 12.5. The third kappa shape index (κ3) is 5.52. The van der Waals surface area contributed by atoms with Crippen molar-refractivity contribution in [3.8, 4) is 0 Å². The van der Waals surface area contributed by atoms with E-state index in [1.54, 1.807) is 12.1 Å². The first kappa shape index (κ1) is 19.3. The first-order valence-corrected chi connectivity index (χ1v) is 9.43. The lowest BCUT2D eigenvalue weighted by Gasteiger charge is -2.26. The molecule has 26 heavy (non-hydrogen) atoms. The van der Waals surface area contributed by atoms with E-state index < -0.39 is 6.10 Å². The van der Waals surface area contributed by atoms with Crippen molar-refractivity contribution in [3.05, 3.63) is 70.5 Å². The zero-order chi connectivity index (χ0) is 18.5. The van der Waals surface area contributed by atoms with Crippen LogP contribution >= 0.6 is 11.6 Å². The number of benzene rings is 2. The van der Waals surface area contributed by atoms with Gasteiger partial charge in [0.15, 0.2) is 0 Å². The smallest absolute Gasteiger partial charge is 0.127 e. The Hall–Kier alpha value is -1.46. The van der Waals surface area contributed by atoms with Crippen molar-refractivity contribution in [2.45, 2.75) is 44.6 Å². The Balaban J connectivity index is 1.51. The van der Waals surface area contributed by atoms with Crippen LogP contribution in [-0.2, 0) is 11.3 Å². The molecule has 2 atom stereocenters. The standard InChI is InChI=1S/C21H25ClFNO2/c1-15(16-6-8-18(22)9-7-16)26-14-20(25)13-24(19-10-11-19)12-17-4-2-3-5-21(17)23/h2-9,15,19-20,25H,10-14H2,1H3. The van der Waals surface area contributed by atoms with Crippen molar-refractivity contribution in [2.75, 3.05) is 13.2 Å². The highest BCUT2D eigenvalue weighted by Gasteiger charge is 2.30. The molecule has 1 fully saturated rings. The van der Waals surface area contributed by atoms with Gasteiger partial charge in [-0.3, -0.25) is 4.90 Å². The lowest BCUT2D eigenvalue weighted by molar-refractivity contribution is -0.0178. The van der Waals surface area contributed by atoms with Crippen LogP contribution in [0.3, 0.4) is 0 Å². The molecule has 1 aliphatic carbocycles. The summed E-state index contributed by atoms with van der Waals surface area (Å²) in [5, 5.41) is 11.1. The molecule has 3 rings (SSSR count). The van der Waals surface area contributed by atoms with Crippen LogP contribution < -0.4 is 0 Å². The lowest BCUT2D eigenvalue weighted by Crippen LogP contribution is -2.36. The van der Waals surface area contributed by atoms with Gasteiger partial charge in [-0.1, -0.05) is 41.9 Å². The molecule has 0 saturated heterocycles. The van der Waals surface area contributed by atoms with Gasteiger partial charge in [-0.15, -0.1) is 0 Å². The summed E-state index contributed by atoms with van der Waals surface area (Å²) in [6.45, 7) is 3.19. The van der Waals surface area contributed by atoms with Gasteiger partial charge >= 0.3 is 0 Å². The molecule has 0 heterocycles. The molecule has 2 unspecified atom stereocenters. The van der Waals surface area contributed by atoms with Gasteiger partial charge in [0, 0.05) is 29.7 Å². The van der Waals surface area contributed by atoms with E-state index in [9.17, 15) is 9.50 Å². The average molecular weight is 378 g/mol. The van der Waals surface area contributed by atoms with Gasteiger partial charge in [0.1, 0.15) is 5.82 Å². The van der Waals surface area contributed by atoms with Gasteiger partial charge in [0.05, 0.1) is 18.8 Å². The van der Waals surface area contributed by atoms with Crippen molar-refractivity contribution in [1.29, 1.82) is 0 Å². The quantitative estimate of drug-likeness (QED) is 0.694. The van der Waals surface area contributed by atoms with Crippen LogP contribution in [-0.4, -0.2) is 35.3 Å². The molecular weight excluding hydrogens is 353 g/mol. The normalized spacial score (nSPS) is 16.7. The molecule has 1 saturated carbocycles. The zero-order valence-corrected chi connectivity index (χ0v) is 15.7. The topological polar surface area (TPSA) is 32.7 Å². The van der Waals surface area contributed by atoms with E-state index in [4.69, 9.17) is 16.3 Å². The number of aliphatic hydroxyl groups excluding tert-OH is 1. The minimum atomic E-state index is -0.614. The predicted molar refractivity (Wildman–Crippen MR) is 102 cm³/mol. The number of aliphatic hydroxyl groups is 1. The minimum Gasteiger partial charge on any atom is -0.389 e. The number of rotatable bonds is 9. The minimum absolute atomic E-state index is 0.122. The van der Waals surface area contributed by atoms with E-state index in [0.717, 1.165) is 18.4 Å². The molecule has 0 amide bonds. The third-order valence-electron chi connectivity index (χ3n) is 4.72. The molecular formula is C21H25ClFNO2. The van der Waals surface area contributed by atoms with Gasteiger partial charge in [-0.25, -0.2) is 4.39 Å². The van der Waals surface area contributed by atoms with Crippen molar-refractivity contribution in [1.82, 2.24) is 4.90 Å². The molecule has 140 valence electrons. The van der Waals surface area contributed by atoms with Gasteiger partial charge in [-0.05, 0) is 43.5 Å². The molecule has 1 N–H and O–H groups in total. The fourth-order valence-electron chi connectivity index (χ4n) is 3.04. The van der Waals surface area contributed by atoms with Gasteiger partial charge in [0.2, 0.25) is 0 Å². The third-order valence-corrected chi connectivity index (χ3v) is 4.97. The molecule has 0 spiro atoms. The van der Waals surface area contributed by atoms with Crippen LogP contribution in [0.25, 0.3) is 0 Å². The summed E-state index contributed by atoms with van der Waals surface area (Å²) in [7, 11) is 0. The second kappa shape index (κ2) is 8.96. The largest absolute Gasteiger partial charge is 0.389 e. The van der Waals surface area contributed by atoms with E-state index in [1.807, 2.05) is 37.3 Å². The summed E-state index contributed by atoms with van der Waals surface area (Å²) < 4.78 is 19.7. The Labute approximate surface area is 159 Å². The number of hydrogen-bond donors (Lipinski definition) is 1. The summed E-state index contributed by atoms with van der Waals surface area (Å²) in [5.74, 6) is -0.194. The van der Waals surface area contributed by atoms with Crippen LogP contribution in [0.5, 0.6) is 0 Å². The maximum atomic E-state index is 13.9. The first-order valence-electron chi connectivity index (χ1n) is 9.05. The molecule has 0 aromatic heterocycles. The van der Waals surface area contributed by atoms with Gasteiger partial charge in [0.25, 0.3) is 0 Å². The van der Waals surface area contributed by atoms with E-state index >= 15 is 0 Å². The van der Waals surface area contributed by atoms with E-state index in [1.165, 1.54) is 6.07 Å². The van der Waals surface area contributed by atoms with E-state index in [0.29, 0.717) is 29.7 Å². The molecule has 0 radical (unpaired) electrons. The predicted octanol–water partition coefficient (Wildman–Crippen LogP) is 4.58. The second-order valence-electron chi connectivity index (χ2n) is 6.93. The maximum absolute atomic E-state index is 13.9. The molecule has 1 aliphatic rings. The fourth-order valence-corrected chi connectivity index (χ4v) is 3.16. The average Bonchev–Trinajstić information content (AvgIpc) is 3.46. The van der Waals surface area contributed by atoms with Crippen LogP contribution in [0.1, 0.15) is 37.0 Å². The van der Waals surface area contributed by atoms with Crippen molar-refractivity contribution < 1.29 is 14.2 Å². The van der Waals surface area contributed by atoms with E-state index in [-0.39, 0.29) is 18.5 Å². The Morgan fingerprint density at radius 1 is 1.19 bits per heavy atom. The summed E-state index contributed by atoms with van der Waals surface area (Å²) in [6.07, 6.45) is 1.46. The lowest BCUT2D eigenvalue weighted by atomic mass is 10.1. The summed E-state index contributed by atoms with van der Waals surface area (Å²) >= 11 is 5.90. The summed E-state index contributed by atoms with van der Waals surface area (Å²) in [4.78, 5) is 2.15. The number of hydrogen-bond acceptors (Lipinski definition) is 3. The second-order valence-corrected chi connectivity index (χ2v) is 7.37. The monoisotopic (exact) mass is 377 g/mol. The maximum Gasteiger partial charge on any atom is 0.127 e. The van der Waals surface area contributed by atoms with Gasteiger partial charge < -0.3 is 9.84 Å². The SMILES string of the molecule is CC(OCC(O)CN(Cc1ccccc1F)C1CC1)c1ccc(Cl)cc1. The highest BCUT2D eigenvalue weighted by molar-refractivity contribution is 6.30. The highest BCUT2D eigenvalue weighted by atomic mass is 35.5. The number of ether oxygens (including phenoxy) is 1. The van der Waals surface area contributed by atoms with Gasteiger partial charge in [-0.2, -0.15) is 0 Å². The molecule has 0 aliphatic heterocycles. The summed E-state index contributed by atoms with van der Waals surface area (Å²) in [5.41, 5.74) is 1.69. The Kier molecular flexibility index (Phi) is 6.65.